The molecule has 23 heavy (non-hydrogen) atoms. The monoisotopic (exact) mass is 399 g/mol. The minimum absolute atomic E-state index is 0.00265. The highest BCUT2D eigenvalue weighted by atomic mass is 79.9. The van der Waals surface area contributed by atoms with Crippen molar-refractivity contribution in [2.45, 2.75) is 5.92 Å². The van der Waals surface area contributed by atoms with Gasteiger partial charge >= 0.3 is 0 Å². The molecule has 2 aromatic rings. The number of fused-ring (bicyclic) bond motifs is 2. The van der Waals surface area contributed by atoms with Crippen LogP contribution >= 0.6 is 27.5 Å². The smallest absolute Gasteiger partial charge is 0.257 e. The van der Waals surface area contributed by atoms with Gasteiger partial charge in [-0.1, -0.05) is 27.5 Å². The maximum atomic E-state index is 14.1. The second-order valence-corrected chi connectivity index (χ2v) is 6.33. The molecule has 0 amide bonds. The first-order valence-electron chi connectivity index (χ1n) is 6.69. The van der Waals surface area contributed by atoms with Crippen molar-refractivity contribution in [2.75, 3.05) is 13.2 Å². The molecule has 1 aromatic carbocycles. The number of rotatable bonds is 4. The van der Waals surface area contributed by atoms with Gasteiger partial charge in [0.05, 0.1) is 6.61 Å². The summed E-state index contributed by atoms with van der Waals surface area (Å²) >= 11 is 9.29. The van der Waals surface area contributed by atoms with Gasteiger partial charge in [0.15, 0.2) is 5.75 Å². The summed E-state index contributed by atoms with van der Waals surface area (Å²) in [7, 11) is 0. The molecule has 0 aliphatic carbocycles. The van der Waals surface area contributed by atoms with E-state index in [9.17, 15) is 4.39 Å². The third-order valence-electron chi connectivity index (χ3n) is 3.41. The van der Waals surface area contributed by atoms with Crippen LogP contribution in [-0.2, 0) is 4.74 Å². The van der Waals surface area contributed by atoms with Crippen molar-refractivity contribution in [2.24, 2.45) is 5.73 Å². The van der Waals surface area contributed by atoms with Crippen LogP contribution in [0.4, 0.5) is 4.39 Å². The summed E-state index contributed by atoms with van der Waals surface area (Å²) in [5.74, 6) is -0.579. The molecule has 0 fully saturated rings. The van der Waals surface area contributed by atoms with Gasteiger partial charge in [0.1, 0.15) is 23.3 Å². The van der Waals surface area contributed by atoms with E-state index >= 15 is 0 Å². The molecule has 1 unspecified atom stereocenters. The van der Waals surface area contributed by atoms with Crippen molar-refractivity contribution >= 4 is 33.4 Å². The molecule has 0 spiro atoms. The number of ether oxygens (including phenoxy) is 2. The molecule has 1 aromatic heterocycles. The first-order valence-corrected chi connectivity index (χ1v) is 7.86. The average molecular weight is 401 g/mol. The van der Waals surface area contributed by atoms with Crippen molar-refractivity contribution in [3.63, 3.8) is 0 Å². The lowest BCUT2D eigenvalue weighted by atomic mass is 9.89. The normalized spacial score (nSPS) is 15.5. The third kappa shape index (κ3) is 3.31. The highest BCUT2D eigenvalue weighted by Gasteiger charge is 2.31. The fourth-order valence-electron chi connectivity index (χ4n) is 2.48. The molecule has 1 atom stereocenters. The fourth-order valence-corrected chi connectivity index (χ4v) is 3.05. The Morgan fingerprint density at radius 2 is 2.22 bits per heavy atom. The van der Waals surface area contributed by atoms with Crippen LogP contribution in [0.3, 0.4) is 0 Å². The fraction of sp³-hybridized carbons (Fsp3) is 0.200. The lowest BCUT2D eigenvalue weighted by Crippen LogP contribution is -2.22. The quantitative estimate of drug-likeness (QED) is 0.464. The summed E-state index contributed by atoms with van der Waals surface area (Å²) in [6.45, 7) is 0.205. The van der Waals surface area contributed by atoms with Crippen LogP contribution in [0.25, 0.3) is 0 Å². The van der Waals surface area contributed by atoms with E-state index in [-0.39, 0.29) is 35.9 Å². The molecule has 2 heterocycles. The number of pyridine rings is 1. The Morgan fingerprint density at radius 3 is 2.96 bits per heavy atom. The van der Waals surface area contributed by atoms with Gasteiger partial charge in [-0.05, 0) is 24.3 Å². The average Bonchev–Trinajstić information content (AvgIpc) is 2.47. The standard InChI is InChI=1S/C15H12BrClFN3O2/c16-7-1-2-11-8(3-7)10(5-22-6-13(19)20)9-4-12(17)21-15(18)14(9)23-11/h1-4,10H,5-6H2,(H3,19,20). The highest BCUT2D eigenvalue weighted by molar-refractivity contribution is 9.10. The predicted molar refractivity (Wildman–Crippen MR) is 88.0 cm³/mol. The first-order chi connectivity index (χ1) is 11.0. The SMILES string of the molecule is N=C(N)COCC1c2cc(Br)ccc2Oc2c1cc(Cl)nc2F. The number of nitrogens with one attached hydrogen (secondary N) is 1. The van der Waals surface area contributed by atoms with E-state index < -0.39 is 5.95 Å². The van der Waals surface area contributed by atoms with Gasteiger partial charge in [-0.25, -0.2) is 4.98 Å². The zero-order valence-electron chi connectivity index (χ0n) is 11.8. The highest BCUT2D eigenvalue weighted by Crippen LogP contribution is 2.46. The van der Waals surface area contributed by atoms with Crippen molar-refractivity contribution in [1.29, 1.82) is 5.41 Å². The Kier molecular flexibility index (Phi) is 4.52. The van der Waals surface area contributed by atoms with Crippen LogP contribution in [0.2, 0.25) is 5.15 Å². The largest absolute Gasteiger partial charge is 0.452 e. The molecule has 0 bridgehead atoms. The van der Waals surface area contributed by atoms with Crippen LogP contribution in [-0.4, -0.2) is 24.0 Å². The Bertz CT molecular complexity index is 788. The second-order valence-electron chi connectivity index (χ2n) is 5.03. The number of benzene rings is 1. The van der Waals surface area contributed by atoms with Gasteiger partial charge in [-0.15, -0.1) is 0 Å². The van der Waals surface area contributed by atoms with Crippen LogP contribution in [0, 0.1) is 11.4 Å². The predicted octanol–water partition coefficient (Wildman–Crippen LogP) is 3.83. The van der Waals surface area contributed by atoms with Crippen molar-refractivity contribution in [3.8, 4) is 11.5 Å². The van der Waals surface area contributed by atoms with Crippen molar-refractivity contribution in [3.05, 3.63) is 51.0 Å². The van der Waals surface area contributed by atoms with E-state index in [1.807, 2.05) is 6.07 Å². The van der Waals surface area contributed by atoms with Crippen LogP contribution in [0.15, 0.2) is 28.7 Å². The minimum Gasteiger partial charge on any atom is -0.452 e. The molecular formula is C15H12BrClFN3O2. The number of nitrogens with two attached hydrogens (primary N) is 1. The Labute approximate surface area is 145 Å². The Balaban J connectivity index is 2.05. The van der Waals surface area contributed by atoms with Gasteiger partial charge in [0.25, 0.3) is 5.95 Å². The molecule has 3 N–H and O–H groups in total. The number of hydrogen-bond donors (Lipinski definition) is 2. The summed E-state index contributed by atoms with van der Waals surface area (Å²) in [6.07, 6.45) is 0. The summed E-state index contributed by atoms with van der Waals surface area (Å²) in [5.41, 5.74) is 6.69. The zero-order chi connectivity index (χ0) is 16.6. The summed E-state index contributed by atoms with van der Waals surface area (Å²) < 4.78 is 26.1. The van der Waals surface area contributed by atoms with Crippen molar-refractivity contribution in [1.82, 2.24) is 4.98 Å². The first kappa shape index (κ1) is 16.2. The minimum atomic E-state index is -0.766. The van der Waals surface area contributed by atoms with Crippen LogP contribution in [0.1, 0.15) is 17.0 Å². The lowest BCUT2D eigenvalue weighted by molar-refractivity contribution is 0.159. The number of nitrogens with zero attached hydrogens (tertiary/aromatic N) is 1. The lowest BCUT2D eigenvalue weighted by Gasteiger charge is -2.28. The van der Waals surface area contributed by atoms with Crippen LogP contribution < -0.4 is 10.5 Å². The van der Waals surface area contributed by atoms with Gasteiger partial charge in [0.2, 0.25) is 0 Å². The topological polar surface area (TPSA) is 81.2 Å². The van der Waals surface area contributed by atoms with Gasteiger partial charge in [-0.2, -0.15) is 4.39 Å². The molecule has 3 rings (SSSR count). The summed E-state index contributed by atoms with van der Waals surface area (Å²) in [6, 6.07) is 6.99. The molecule has 5 nitrogen and oxygen atoms in total. The van der Waals surface area contributed by atoms with E-state index in [1.54, 1.807) is 18.2 Å². The maximum absolute atomic E-state index is 14.1. The van der Waals surface area contributed by atoms with Gasteiger partial charge < -0.3 is 15.2 Å². The molecular weight excluding hydrogens is 389 g/mol. The molecule has 1 aliphatic heterocycles. The molecule has 0 radical (unpaired) electrons. The Morgan fingerprint density at radius 1 is 1.43 bits per heavy atom. The number of amidine groups is 1. The number of aromatic nitrogens is 1. The van der Waals surface area contributed by atoms with Crippen LogP contribution in [0.5, 0.6) is 11.5 Å². The van der Waals surface area contributed by atoms with Gasteiger partial charge in [0, 0.05) is 21.5 Å². The molecule has 120 valence electrons. The van der Waals surface area contributed by atoms with E-state index in [0.29, 0.717) is 11.3 Å². The zero-order valence-corrected chi connectivity index (χ0v) is 14.1. The Hall–Kier alpha value is -1.70. The second kappa shape index (κ2) is 6.43. The summed E-state index contributed by atoms with van der Waals surface area (Å²) in [5, 5.41) is 7.27. The molecule has 1 aliphatic rings. The summed E-state index contributed by atoms with van der Waals surface area (Å²) in [4.78, 5) is 3.59. The van der Waals surface area contributed by atoms with E-state index in [4.69, 9.17) is 32.2 Å². The van der Waals surface area contributed by atoms with E-state index in [2.05, 4.69) is 20.9 Å². The molecule has 8 heteroatoms. The van der Waals surface area contributed by atoms with Gasteiger partial charge in [-0.3, -0.25) is 5.41 Å². The van der Waals surface area contributed by atoms with E-state index in [0.717, 1.165) is 10.0 Å². The van der Waals surface area contributed by atoms with Crippen molar-refractivity contribution < 1.29 is 13.9 Å². The third-order valence-corrected chi connectivity index (χ3v) is 4.09. The molecule has 0 saturated carbocycles. The number of hydrogen-bond acceptors (Lipinski definition) is 4. The number of halogens is 3. The molecule has 0 saturated heterocycles. The van der Waals surface area contributed by atoms with E-state index in [1.165, 1.54) is 0 Å². The maximum Gasteiger partial charge on any atom is 0.257 e.